The highest BCUT2D eigenvalue weighted by Crippen LogP contribution is 2.31. The van der Waals surface area contributed by atoms with Crippen molar-refractivity contribution in [1.29, 1.82) is 5.26 Å². The number of amides is 1. The Labute approximate surface area is 124 Å². The van der Waals surface area contributed by atoms with Gasteiger partial charge in [-0.15, -0.1) is 0 Å². The summed E-state index contributed by atoms with van der Waals surface area (Å²) in [4.78, 5) is 15.7. The van der Waals surface area contributed by atoms with Crippen LogP contribution in [0.3, 0.4) is 0 Å². The molecule has 0 unspecified atom stereocenters. The summed E-state index contributed by atoms with van der Waals surface area (Å²) in [7, 11) is 0. The average Bonchev–Trinajstić information content (AvgIpc) is 2.81. The maximum atomic E-state index is 11.9. The number of benzene rings is 1. The number of hydrogen-bond acceptors (Lipinski definition) is 4. The Hall–Kier alpha value is -2.23. The number of anilines is 2. The third kappa shape index (κ3) is 3.02. The van der Waals surface area contributed by atoms with Gasteiger partial charge in [0.05, 0.1) is 16.4 Å². The molecule has 3 N–H and O–H groups in total. The first-order valence-corrected chi connectivity index (χ1v) is 6.22. The van der Waals surface area contributed by atoms with E-state index < -0.39 is 0 Å². The lowest BCUT2D eigenvalue weighted by molar-refractivity contribution is -0.116. The number of nitrogen functional groups attached to an aromatic ring is 1. The maximum Gasteiger partial charge on any atom is 0.244 e. The number of carbonyl (C=O) groups is 1. The molecular formula is C12H9Cl2N5O. The Morgan fingerprint density at radius 2 is 2.25 bits per heavy atom. The molecule has 1 heterocycles. The molecule has 0 aliphatic heterocycles. The van der Waals surface area contributed by atoms with E-state index >= 15 is 0 Å². The number of nitrogens with one attached hydrogen (secondary N) is 1. The van der Waals surface area contributed by atoms with E-state index in [1.807, 2.05) is 6.07 Å². The molecule has 0 spiro atoms. The lowest BCUT2D eigenvalue weighted by Crippen LogP contribution is -2.20. The third-order valence-corrected chi connectivity index (χ3v) is 3.00. The predicted octanol–water partition coefficient (Wildman–Crippen LogP) is 2.28. The number of nitrogens with two attached hydrogens (primary N) is 1. The number of halogens is 2. The van der Waals surface area contributed by atoms with Crippen LogP contribution in [-0.4, -0.2) is 15.5 Å². The van der Waals surface area contributed by atoms with Crippen LogP contribution < -0.4 is 11.1 Å². The van der Waals surface area contributed by atoms with E-state index in [-0.39, 0.29) is 29.0 Å². The smallest absolute Gasteiger partial charge is 0.244 e. The first kappa shape index (κ1) is 14.2. The van der Waals surface area contributed by atoms with Gasteiger partial charge in [0.15, 0.2) is 0 Å². The van der Waals surface area contributed by atoms with E-state index in [0.29, 0.717) is 10.7 Å². The summed E-state index contributed by atoms with van der Waals surface area (Å²) in [5, 5.41) is 12.0. The van der Waals surface area contributed by atoms with Crippen LogP contribution in [-0.2, 0) is 11.3 Å². The quantitative estimate of drug-likeness (QED) is 0.850. The lowest BCUT2D eigenvalue weighted by atomic mass is 10.2. The number of aromatic nitrogens is 2. The molecule has 6 nitrogen and oxygen atoms in total. The molecule has 0 radical (unpaired) electrons. The van der Waals surface area contributed by atoms with Crippen LogP contribution in [0.4, 0.5) is 11.4 Å². The van der Waals surface area contributed by atoms with Gasteiger partial charge in [-0.25, -0.2) is 4.98 Å². The standard InChI is InChI=1S/C12H9Cl2N5O/c13-7-3-8(14)12(9(16)4-7)18-11(20)6-19-2-1-17-10(19)5-15/h1-4H,6,16H2,(H,18,20). The highest BCUT2D eigenvalue weighted by molar-refractivity contribution is 6.37. The summed E-state index contributed by atoms with van der Waals surface area (Å²) in [6.45, 7) is -0.0682. The van der Waals surface area contributed by atoms with Crippen molar-refractivity contribution in [1.82, 2.24) is 9.55 Å². The summed E-state index contributed by atoms with van der Waals surface area (Å²) in [6, 6.07) is 4.84. The molecular weight excluding hydrogens is 301 g/mol. The second-order valence-electron chi connectivity index (χ2n) is 3.89. The Morgan fingerprint density at radius 1 is 1.50 bits per heavy atom. The van der Waals surface area contributed by atoms with Crippen LogP contribution in [0.25, 0.3) is 0 Å². The molecule has 0 aliphatic carbocycles. The second-order valence-corrected chi connectivity index (χ2v) is 4.73. The SMILES string of the molecule is N#Cc1nccn1CC(=O)Nc1c(N)cc(Cl)cc1Cl. The summed E-state index contributed by atoms with van der Waals surface area (Å²) in [5.74, 6) is -0.231. The molecule has 8 heteroatoms. The van der Waals surface area contributed by atoms with Gasteiger partial charge in [-0.2, -0.15) is 5.26 Å². The summed E-state index contributed by atoms with van der Waals surface area (Å²) >= 11 is 11.8. The molecule has 0 atom stereocenters. The minimum Gasteiger partial charge on any atom is -0.397 e. The minimum atomic E-state index is -0.379. The number of nitriles is 1. The van der Waals surface area contributed by atoms with Gasteiger partial charge in [-0.05, 0) is 12.1 Å². The Kier molecular flexibility index (Phi) is 4.13. The first-order valence-electron chi connectivity index (χ1n) is 5.47. The molecule has 102 valence electrons. The number of carbonyl (C=O) groups excluding carboxylic acids is 1. The molecule has 0 aliphatic rings. The van der Waals surface area contributed by atoms with Gasteiger partial charge in [0.2, 0.25) is 11.7 Å². The summed E-state index contributed by atoms with van der Waals surface area (Å²) < 4.78 is 1.41. The third-order valence-electron chi connectivity index (χ3n) is 2.48. The predicted molar refractivity (Wildman–Crippen MR) is 76.4 cm³/mol. The van der Waals surface area contributed by atoms with Crippen molar-refractivity contribution < 1.29 is 4.79 Å². The van der Waals surface area contributed by atoms with Crippen molar-refractivity contribution in [3.05, 3.63) is 40.4 Å². The van der Waals surface area contributed by atoms with E-state index in [1.165, 1.54) is 29.1 Å². The largest absolute Gasteiger partial charge is 0.397 e. The number of imidazole rings is 1. The van der Waals surface area contributed by atoms with Gasteiger partial charge in [0, 0.05) is 17.4 Å². The monoisotopic (exact) mass is 309 g/mol. The molecule has 2 rings (SSSR count). The van der Waals surface area contributed by atoms with Gasteiger partial charge in [-0.1, -0.05) is 23.2 Å². The highest BCUT2D eigenvalue weighted by Gasteiger charge is 2.12. The second kappa shape index (κ2) is 5.82. The van der Waals surface area contributed by atoms with E-state index in [2.05, 4.69) is 10.3 Å². The van der Waals surface area contributed by atoms with Crippen LogP contribution in [0, 0.1) is 11.3 Å². The zero-order valence-electron chi connectivity index (χ0n) is 10.1. The Bertz CT molecular complexity index is 681. The molecule has 0 bridgehead atoms. The van der Waals surface area contributed by atoms with Gasteiger partial charge >= 0.3 is 0 Å². The van der Waals surface area contributed by atoms with Crippen molar-refractivity contribution in [2.24, 2.45) is 0 Å². The number of rotatable bonds is 3. The maximum absolute atomic E-state index is 11.9. The molecule has 0 fully saturated rings. The van der Waals surface area contributed by atoms with E-state index in [9.17, 15) is 4.79 Å². The van der Waals surface area contributed by atoms with Crippen LogP contribution in [0.5, 0.6) is 0 Å². The fourth-order valence-electron chi connectivity index (χ4n) is 1.61. The van der Waals surface area contributed by atoms with Crippen LogP contribution in [0.2, 0.25) is 10.0 Å². The van der Waals surface area contributed by atoms with Crippen molar-refractivity contribution in [3.8, 4) is 6.07 Å². The Balaban J connectivity index is 2.15. The summed E-state index contributed by atoms with van der Waals surface area (Å²) in [6.07, 6.45) is 2.97. The topological polar surface area (TPSA) is 96.7 Å². The van der Waals surface area contributed by atoms with Crippen LogP contribution in [0.1, 0.15) is 5.82 Å². The van der Waals surface area contributed by atoms with Gasteiger partial charge < -0.3 is 15.6 Å². The Morgan fingerprint density at radius 3 is 2.90 bits per heavy atom. The van der Waals surface area contributed by atoms with Gasteiger partial charge in [0.25, 0.3) is 0 Å². The van der Waals surface area contributed by atoms with Crippen molar-refractivity contribution in [3.63, 3.8) is 0 Å². The molecule has 1 amide bonds. The van der Waals surface area contributed by atoms with E-state index in [1.54, 1.807) is 0 Å². The molecule has 2 aromatic rings. The molecule has 1 aromatic carbocycles. The normalized spacial score (nSPS) is 10.1. The minimum absolute atomic E-state index is 0.0682. The van der Waals surface area contributed by atoms with Crippen molar-refractivity contribution in [2.45, 2.75) is 6.54 Å². The van der Waals surface area contributed by atoms with Crippen molar-refractivity contribution in [2.75, 3.05) is 11.1 Å². The van der Waals surface area contributed by atoms with Crippen LogP contribution >= 0.6 is 23.2 Å². The summed E-state index contributed by atoms with van der Waals surface area (Å²) in [5.41, 5.74) is 6.30. The fraction of sp³-hybridized carbons (Fsp3) is 0.0833. The van der Waals surface area contributed by atoms with E-state index in [4.69, 9.17) is 34.2 Å². The highest BCUT2D eigenvalue weighted by atomic mass is 35.5. The lowest BCUT2D eigenvalue weighted by Gasteiger charge is -2.11. The van der Waals surface area contributed by atoms with Gasteiger partial charge in [0.1, 0.15) is 12.6 Å². The van der Waals surface area contributed by atoms with Gasteiger partial charge in [-0.3, -0.25) is 4.79 Å². The molecule has 1 aromatic heterocycles. The average molecular weight is 310 g/mol. The zero-order valence-corrected chi connectivity index (χ0v) is 11.6. The van der Waals surface area contributed by atoms with Crippen molar-refractivity contribution >= 4 is 40.5 Å². The van der Waals surface area contributed by atoms with Crippen LogP contribution in [0.15, 0.2) is 24.5 Å². The molecule has 0 saturated heterocycles. The number of nitrogens with zero attached hydrogens (tertiary/aromatic N) is 3. The number of hydrogen-bond donors (Lipinski definition) is 2. The first-order chi connectivity index (χ1) is 9.51. The molecule has 0 saturated carbocycles. The fourth-order valence-corrected chi connectivity index (χ4v) is 2.17. The van der Waals surface area contributed by atoms with E-state index in [0.717, 1.165) is 0 Å². The molecule has 20 heavy (non-hydrogen) atoms. The zero-order chi connectivity index (χ0) is 14.7.